The third-order valence-corrected chi connectivity index (χ3v) is 2.92. The van der Waals surface area contributed by atoms with Crippen molar-refractivity contribution in [1.29, 1.82) is 0 Å². The standard InChI is InChI=1S/C11H18O2/c1-4-8-5-9(12)11(7(2)3)10(13)6-8/h7-8,11H,4-6H2,1-3H3. The number of Topliss-reactive ketones (excluding diaryl/α,β-unsaturated/α-hetero) is 2. The molecule has 0 saturated heterocycles. The molecule has 0 aromatic heterocycles. The van der Waals surface area contributed by atoms with Crippen LogP contribution in [0.2, 0.25) is 0 Å². The molecule has 2 heteroatoms. The van der Waals surface area contributed by atoms with E-state index in [1.807, 2.05) is 20.8 Å². The van der Waals surface area contributed by atoms with Crippen molar-refractivity contribution in [3.05, 3.63) is 0 Å². The molecule has 0 atom stereocenters. The summed E-state index contributed by atoms with van der Waals surface area (Å²) in [5.74, 6) is 0.520. The molecule has 13 heavy (non-hydrogen) atoms. The van der Waals surface area contributed by atoms with Crippen LogP contribution in [-0.4, -0.2) is 11.6 Å². The van der Waals surface area contributed by atoms with Gasteiger partial charge in [-0.15, -0.1) is 0 Å². The average molecular weight is 182 g/mol. The van der Waals surface area contributed by atoms with E-state index in [0.29, 0.717) is 18.8 Å². The van der Waals surface area contributed by atoms with E-state index in [0.717, 1.165) is 6.42 Å². The minimum Gasteiger partial charge on any atom is -0.299 e. The summed E-state index contributed by atoms with van der Waals surface area (Å²) in [6.07, 6.45) is 2.18. The highest BCUT2D eigenvalue weighted by Gasteiger charge is 2.36. The lowest BCUT2D eigenvalue weighted by atomic mass is 9.74. The predicted molar refractivity (Wildman–Crippen MR) is 51.4 cm³/mol. The molecule has 0 radical (unpaired) electrons. The lowest BCUT2D eigenvalue weighted by molar-refractivity contribution is -0.139. The van der Waals surface area contributed by atoms with Crippen molar-refractivity contribution in [2.45, 2.75) is 40.0 Å². The van der Waals surface area contributed by atoms with Crippen molar-refractivity contribution in [1.82, 2.24) is 0 Å². The lowest BCUT2D eigenvalue weighted by Crippen LogP contribution is -2.36. The Morgan fingerprint density at radius 2 is 1.69 bits per heavy atom. The van der Waals surface area contributed by atoms with Crippen LogP contribution in [0.1, 0.15) is 40.0 Å². The maximum Gasteiger partial charge on any atom is 0.143 e. The minimum atomic E-state index is -0.303. The van der Waals surface area contributed by atoms with Crippen LogP contribution in [0.4, 0.5) is 0 Å². The van der Waals surface area contributed by atoms with Gasteiger partial charge in [0.1, 0.15) is 11.6 Å². The second kappa shape index (κ2) is 4.03. The van der Waals surface area contributed by atoms with Crippen molar-refractivity contribution in [2.75, 3.05) is 0 Å². The van der Waals surface area contributed by atoms with E-state index in [2.05, 4.69) is 0 Å². The minimum absolute atomic E-state index is 0.165. The van der Waals surface area contributed by atoms with E-state index in [1.165, 1.54) is 0 Å². The molecule has 0 bridgehead atoms. The fraction of sp³-hybridized carbons (Fsp3) is 0.818. The molecule has 1 saturated carbocycles. The molecule has 1 aliphatic rings. The van der Waals surface area contributed by atoms with Gasteiger partial charge in [0, 0.05) is 12.8 Å². The van der Waals surface area contributed by atoms with Crippen LogP contribution in [0.5, 0.6) is 0 Å². The summed E-state index contributed by atoms with van der Waals surface area (Å²) in [6.45, 7) is 5.94. The molecule has 0 aromatic carbocycles. The maximum absolute atomic E-state index is 11.6. The van der Waals surface area contributed by atoms with E-state index >= 15 is 0 Å². The average Bonchev–Trinajstić information content (AvgIpc) is 2.02. The third kappa shape index (κ3) is 2.17. The van der Waals surface area contributed by atoms with Gasteiger partial charge in [-0.25, -0.2) is 0 Å². The van der Waals surface area contributed by atoms with Crippen LogP contribution < -0.4 is 0 Å². The summed E-state index contributed by atoms with van der Waals surface area (Å²) >= 11 is 0. The summed E-state index contributed by atoms with van der Waals surface area (Å²) in [5.41, 5.74) is 0. The zero-order valence-electron chi connectivity index (χ0n) is 8.67. The van der Waals surface area contributed by atoms with E-state index < -0.39 is 0 Å². The van der Waals surface area contributed by atoms with Crippen LogP contribution in [0, 0.1) is 17.8 Å². The van der Waals surface area contributed by atoms with Crippen molar-refractivity contribution in [3.8, 4) is 0 Å². The second-order valence-electron chi connectivity index (χ2n) is 4.34. The van der Waals surface area contributed by atoms with Crippen LogP contribution in [0.15, 0.2) is 0 Å². The largest absolute Gasteiger partial charge is 0.299 e. The van der Waals surface area contributed by atoms with Gasteiger partial charge >= 0.3 is 0 Å². The first-order chi connectivity index (χ1) is 6.06. The van der Waals surface area contributed by atoms with E-state index in [-0.39, 0.29) is 23.4 Å². The molecule has 74 valence electrons. The van der Waals surface area contributed by atoms with Crippen molar-refractivity contribution in [2.24, 2.45) is 17.8 Å². The molecule has 0 amide bonds. The highest BCUT2D eigenvalue weighted by molar-refractivity contribution is 6.04. The SMILES string of the molecule is CCC1CC(=O)C(C(C)C)C(=O)C1. The zero-order valence-corrected chi connectivity index (χ0v) is 8.67. The third-order valence-electron chi connectivity index (χ3n) is 2.92. The first kappa shape index (κ1) is 10.4. The van der Waals surface area contributed by atoms with Crippen molar-refractivity contribution in [3.63, 3.8) is 0 Å². The molecule has 0 heterocycles. The Morgan fingerprint density at radius 1 is 1.23 bits per heavy atom. The molecule has 0 spiro atoms. The zero-order chi connectivity index (χ0) is 10.0. The summed E-state index contributed by atoms with van der Waals surface area (Å²) in [5, 5.41) is 0. The molecule has 0 N–H and O–H groups in total. The quantitative estimate of drug-likeness (QED) is 0.614. The Hall–Kier alpha value is -0.660. The molecule has 0 aromatic rings. The van der Waals surface area contributed by atoms with Crippen LogP contribution in [0.3, 0.4) is 0 Å². The number of hydrogen-bond acceptors (Lipinski definition) is 2. The number of carbonyl (C=O) groups is 2. The first-order valence-electron chi connectivity index (χ1n) is 5.11. The molecule has 1 aliphatic carbocycles. The number of ketones is 2. The molecule has 1 fully saturated rings. The topological polar surface area (TPSA) is 34.1 Å². The Morgan fingerprint density at radius 3 is 2.00 bits per heavy atom. The van der Waals surface area contributed by atoms with Crippen LogP contribution in [-0.2, 0) is 9.59 Å². The van der Waals surface area contributed by atoms with Gasteiger partial charge in [0.2, 0.25) is 0 Å². The smallest absolute Gasteiger partial charge is 0.143 e. The summed E-state index contributed by atoms with van der Waals surface area (Å²) in [7, 11) is 0. The van der Waals surface area contributed by atoms with Gasteiger partial charge in [0.05, 0.1) is 5.92 Å². The molecular weight excluding hydrogens is 164 g/mol. The Labute approximate surface area is 79.7 Å². The number of carbonyl (C=O) groups excluding carboxylic acids is 2. The Balaban J connectivity index is 2.70. The molecule has 0 aliphatic heterocycles. The van der Waals surface area contributed by atoms with Gasteiger partial charge in [-0.3, -0.25) is 9.59 Å². The predicted octanol–water partition coefficient (Wildman–Crippen LogP) is 2.22. The fourth-order valence-corrected chi connectivity index (χ4v) is 2.11. The van der Waals surface area contributed by atoms with E-state index in [4.69, 9.17) is 0 Å². The maximum atomic E-state index is 11.6. The van der Waals surface area contributed by atoms with Gasteiger partial charge in [-0.05, 0) is 11.8 Å². The van der Waals surface area contributed by atoms with Gasteiger partial charge in [-0.2, -0.15) is 0 Å². The van der Waals surface area contributed by atoms with Gasteiger partial charge in [-0.1, -0.05) is 27.2 Å². The highest BCUT2D eigenvalue weighted by atomic mass is 16.2. The molecular formula is C11H18O2. The monoisotopic (exact) mass is 182 g/mol. The summed E-state index contributed by atoms with van der Waals surface area (Å²) < 4.78 is 0. The van der Waals surface area contributed by atoms with Crippen molar-refractivity contribution >= 4 is 11.6 Å². The normalized spacial score (nSPS) is 29.8. The van der Waals surface area contributed by atoms with Gasteiger partial charge in [0.25, 0.3) is 0 Å². The Kier molecular flexibility index (Phi) is 3.23. The Bertz CT molecular complexity index is 200. The fourth-order valence-electron chi connectivity index (χ4n) is 2.11. The number of hydrogen-bond donors (Lipinski definition) is 0. The molecule has 1 rings (SSSR count). The van der Waals surface area contributed by atoms with Crippen molar-refractivity contribution < 1.29 is 9.59 Å². The summed E-state index contributed by atoms with van der Waals surface area (Å²) in [4.78, 5) is 23.2. The summed E-state index contributed by atoms with van der Waals surface area (Å²) in [6, 6.07) is 0. The highest BCUT2D eigenvalue weighted by Crippen LogP contribution is 2.29. The van der Waals surface area contributed by atoms with Crippen LogP contribution >= 0.6 is 0 Å². The number of rotatable bonds is 2. The second-order valence-corrected chi connectivity index (χ2v) is 4.34. The van der Waals surface area contributed by atoms with E-state index in [9.17, 15) is 9.59 Å². The van der Waals surface area contributed by atoms with Crippen LogP contribution in [0.25, 0.3) is 0 Å². The molecule has 2 nitrogen and oxygen atoms in total. The van der Waals surface area contributed by atoms with Gasteiger partial charge in [0.15, 0.2) is 0 Å². The lowest BCUT2D eigenvalue weighted by Gasteiger charge is -2.27. The first-order valence-corrected chi connectivity index (χ1v) is 5.11. The van der Waals surface area contributed by atoms with E-state index in [1.54, 1.807) is 0 Å². The van der Waals surface area contributed by atoms with Gasteiger partial charge < -0.3 is 0 Å². The molecule has 0 unspecified atom stereocenters.